The number of hydrogen-bond acceptors (Lipinski definition) is 5. The largest absolute Gasteiger partial charge is 0.419 e. The van der Waals surface area contributed by atoms with E-state index >= 15 is 0 Å². The van der Waals surface area contributed by atoms with Gasteiger partial charge in [-0.1, -0.05) is 18.2 Å². The number of nitrogens with one attached hydrogen (secondary N) is 1. The molecule has 0 aliphatic carbocycles. The molecule has 0 radical (unpaired) electrons. The van der Waals surface area contributed by atoms with Crippen LogP contribution in [0.5, 0.6) is 0 Å². The first-order chi connectivity index (χ1) is 10.3. The van der Waals surface area contributed by atoms with E-state index in [9.17, 15) is 0 Å². The maximum Gasteiger partial charge on any atom is 0.247 e. The van der Waals surface area contributed by atoms with Crippen LogP contribution in [0.25, 0.3) is 11.5 Å². The Morgan fingerprint density at radius 3 is 2.81 bits per heavy atom. The van der Waals surface area contributed by atoms with Gasteiger partial charge >= 0.3 is 0 Å². The first-order valence-corrected chi connectivity index (χ1v) is 6.90. The molecule has 6 heteroatoms. The Morgan fingerprint density at radius 1 is 1.19 bits per heavy atom. The first-order valence-electron chi connectivity index (χ1n) is 6.90. The van der Waals surface area contributed by atoms with Crippen LogP contribution in [0.3, 0.4) is 0 Å². The summed E-state index contributed by atoms with van der Waals surface area (Å²) in [5.74, 6) is 1.13. The van der Waals surface area contributed by atoms with Crippen LogP contribution in [0.4, 0.5) is 0 Å². The Labute approximate surface area is 122 Å². The Balaban J connectivity index is 1.55. The van der Waals surface area contributed by atoms with E-state index in [-0.39, 0.29) is 6.04 Å². The molecular formula is C15H17N5O. The summed E-state index contributed by atoms with van der Waals surface area (Å²) in [6.45, 7) is 3.44. The SMILES string of the molecule is CC(Cn1cccn1)NCc1nnc(-c2ccccc2)o1. The molecule has 1 aromatic carbocycles. The topological polar surface area (TPSA) is 68.8 Å². The molecule has 1 N–H and O–H groups in total. The van der Waals surface area contributed by atoms with Crippen molar-refractivity contribution in [1.82, 2.24) is 25.3 Å². The van der Waals surface area contributed by atoms with E-state index in [0.717, 1.165) is 12.1 Å². The van der Waals surface area contributed by atoms with Gasteiger partial charge in [-0.25, -0.2) is 0 Å². The molecule has 108 valence electrons. The predicted octanol–water partition coefficient (Wildman–Crippen LogP) is 2.11. The van der Waals surface area contributed by atoms with Crippen LogP contribution in [0, 0.1) is 0 Å². The summed E-state index contributed by atoms with van der Waals surface area (Å²) >= 11 is 0. The molecule has 21 heavy (non-hydrogen) atoms. The minimum Gasteiger partial charge on any atom is -0.419 e. The molecule has 2 aromatic heterocycles. The van der Waals surface area contributed by atoms with Crippen molar-refractivity contribution in [1.29, 1.82) is 0 Å². The van der Waals surface area contributed by atoms with Gasteiger partial charge in [0, 0.05) is 24.0 Å². The highest BCUT2D eigenvalue weighted by atomic mass is 16.4. The summed E-state index contributed by atoms with van der Waals surface area (Å²) in [4.78, 5) is 0. The van der Waals surface area contributed by atoms with Crippen molar-refractivity contribution in [2.45, 2.75) is 26.1 Å². The summed E-state index contributed by atoms with van der Waals surface area (Å²) in [6.07, 6.45) is 3.72. The van der Waals surface area contributed by atoms with Crippen LogP contribution in [-0.4, -0.2) is 26.0 Å². The van der Waals surface area contributed by atoms with Crippen LogP contribution in [-0.2, 0) is 13.1 Å². The van der Waals surface area contributed by atoms with Gasteiger partial charge in [0.25, 0.3) is 0 Å². The molecule has 0 saturated heterocycles. The van der Waals surface area contributed by atoms with Crippen molar-refractivity contribution in [3.8, 4) is 11.5 Å². The van der Waals surface area contributed by atoms with Crippen molar-refractivity contribution in [3.05, 3.63) is 54.7 Å². The third-order valence-electron chi connectivity index (χ3n) is 3.11. The molecule has 0 aliphatic heterocycles. The molecule has 0 bridgehead atoms. The highest BCUT2D eigenvalue weighted by molar-refractivity contribution is 5.51. The highest BCUT2D eigenvalue weighted by Gasteiger charge is 2.09. The lowest BCUT2D eigenvalue weighted by atomic mass is 10.2. The Kier molecular flexibility index (Phi) is 4.07. The molecule has 3 rings (SSSR count). The lowest BCUT2D eigenvalue weighted by Crippen LogP contribution is -2.30. The van der Waals surface area contributed by atoms with Crippen LogP contribution in [0.2, 0.25) is 0 Å². The Bertz CT molecular complexity index is 662. The van der Waals surface area contributed by atoms with Gasteiger partial charge in [-0.2, -0.15) is 5.10 Å². The molecular weight excluding hydrogens is 266 g/mol. The Morgan fingerprint density at radius 2 is 2.05 bits per heavy atom. The van der Waals surface area contributed by atoms with Gasteiger partial charge in [-0.05, 0) is 25.1 Å². The minimum atomic E-state index is 0.261. The lowest BCUT2D eigenvalue weighted by Gasteiger charge is -2.11. The zero-order valence-corrected chi connectivity index (χ0v) is 11.8. The van der Waals surface area contributed by atoms with Crippen molar-refractivity contribution < 1.29 is 4.42 Å². The van der Waals surface area contributed by atoms with E-state index in [1.165, 1.54) is 0 Å². The third-order valence-corrected chi connectivity index (χ3v) is 3.11. The number of aromatic nitrogens is 4. The van der Waals surface area contributed by atoms with E-state index in [2.05, 4.69) is 27.5 Å². The van der Waals surface area contributed by atoms with Gasteiger partial charge in [0.1, 0.15) is 0 Å². The van der Waals surface area contributed by atoms with Gasteiger partial charge in [0.05, 0.1) is 13.1 Å². The van der Waals surface area contributed by atoms with Crippen LogP contribution in [0.15, 0.2) is 53.2 Å². The number of benzene rings is 1. The van der Waals surface area contributed by atoms with Gasteiger partial charge in [-0.3, -0.25) is 4.68 Å². The third kappa shape index (κ3) is 3.55. The van der Waals surface area contributed by atoms with Gasteiger partial charge in [-0.15, -0.1) is 10.2 Å². The fourth-order valence-electron chi connectivity index (χ4n) is 2.04. The van der Waals surface area contributed by atoms with E-state index in [1.54, 1.807) is 6.20 Å². The second kappa shape index (κ2) is 6.32. The van der Waals surface area contributed by atoms with Gasteiger partial charge in [0.15, 0.2) is 0 Å². The smallest absolute Gasteiger partial charge is 0.247 e. The van der Waals surface area contributed by atoms with Crippen LogP contribution < -0.4 is 5.32 Å². The van der Waals surface area contributed by atoms with E-state index in [4.69, 9.17) is 4.42 Å². The molecule has 6 nitrogen and oxygen atoms in total. The molecule has 2 heterocycles. The maximum atomic E-state index is 5.65. The Hall–Kier alpha value is -2.47. The molecule has 3 aromatic rings. The first kappa shape index (κ1) is 13.5. The van der Waals surface area contributed by atoms with Crippen molar-refractivity contribution >= 4 is 0 Å². The monoisotopic (exact) mass is 283 g/mol. The summed E-state index contributed by atoms with van der Waals surface area (Å²) in [6, 6.07) is 11.9. The van der Waals surface area contributed by atoms with Crippen LogP contribution in [0.1, 0.15) is 12.8 Å². The average molecular weight is 283 g/mol. The average Bonchev–Trinajstić information content (AvgIpc) is 3.17. The van der Waals surface area contributed by atoms with Crippen LogP contribution >= 0.6 is 0 Å². The van der Waals surface area contributed by atoms with Gasteiger partial charge in [0.2, 0.25) is 11.8 Å². The van der Waals surface area contributed by atoms with Gasteiger partial charge < -0.3 is 9.73 Å². The normalized spacial score (nSPS) is 12.4. The second-order valence-corrected chi connectivity index (χ2v) is 4.88. The summed E-state index contributed by atoms with van der Waals surface area (Å²) < 4.78 is 7.54. The van der Waals surface area contributed by atoms with Crippen molar-refractivity contribution in [2.24, 2.45) is 0 Å². The van der Waals surface area contributed by atoms with Crippen molar-refractivity contribution in [2.75, 3.05) is 0 Å². The molecule has 1 unspecified atom stereocenters. The predicted molar refractivity (Wildman–Crippen MR) is 78.3 cm³/mol. The number of nitrogens with zero attached hydrogens (tertiary/aromatic N) is 4. The molecule has 0 spiro atoms. The second-order valence-electron chi connectivity index (χ2n) is 4.88. The number of hydrogen-bond donors (Lipinski definition) is 1. The summed E-state index contributed by atoms with van der Waals surface area (Å²) in [7, 11) is 0. The molecule has 1 atom stereocenters. The number of rotatable bonds is 6. The molecule has 0 fully saturated rings. The molecule has 0 saturated carbocycles. The summed E-state index contributed by atoms with van der Waals surface area (Å²) in [5.41, 5.74) is 0.931. The van der Waals surface area contributed by atoms with E-state index in [1.807, 2.05) is 47.3 Å². The fourth-order valence-corrected chi connectivity index (χ4v) is 2.04. The molecule has 0 aliphatic rings. The quantitative estimate of drug-likeness (QED) is 0.750. The zero-order chi connectivity index (χ0) is 14.5. The highest BCUT2D eigenvalue weighted by Crippen LogP contribution is 2.16. The minimum absolute atomic E-state index is 0.261. The standard InChI is InChI=1S/C15H17N5O/c1-12(11-20-9-5-8-17-20)16-10-14-18-19-15(21-14)13-6-3-2-4-7-13/h2-9,12,16H,10-11H2,1H3. The van der Waals surface area contributed by atoms with Crippen molar-refractivity contribution in [3.63, 3.8) is 0 Å². The summed E-state index contributed by atoms with van der Waals surface area (Å²) in [5, 5.41) is 15.7. The van der Waals surface area contributed by atoms with E-state index in [0.29, 0.717) is 18.3 Å². The molecule has 0 amide bonds. The lowest BCUT2D eigenvalue weighted by molar-refractivity contribution is 0.411. The van der Waals surface area contributed by atoms with E-state index < -0.39 is 0 Å². The maximum absolute atomic E-state index is 5.65. The zero-order valence-electron chi connectivity index (χ0n) is 11.8. The fraction of sp³-hybridized carbons (Fsp3) is 0.267.